The van der Waals surface area contributed by atoms with Crippen molar-refractivity contribution in [2.24, 2.45) is 0 Å². The molecule has 23 heavy (non-hydrogen) atoms. The topological polar surface area (TPSA) is 18.5 Å². The van der Waals surface area contributed by atoms with Crippen molar-refractivity contribution in [1.82, 2.24) is 0 Å². The zero-order valence-corrected chi connectivity index (χ0v) is 15.2. The highest BCUT2D eigenvalue weighted by Gasteiger charge is 2.11. The van der Waals surface area contributed by atoms with Crippen LogP contribution in [0.15, 0.2) is 12.1 Å². The van der Waals surface area contributed by atoms with E-state index >= 15 is 0 Å². The van der Waals surface area contributed by atoms with Crippen LogP contribution in [0.1, 0.15) is 51.5 Å². The van der Waals surface area contributed by atoms with Gasteiger partial charge in [0.15, 0.2) is 17.5 Å². The van der Waals surface area contributed by atoms with E-state index in [1.807, 2.05) is 13.8 Å². The number of benzene rings is 1. The summed E-state index contributed by atoms with van der Waals surface area (Å²) in [5, 5.41) is 0. The van der Waals surface area contributed by atoms with Crippen molar-refractivity contribution in [2.45, 2.75) is 58.4 Å². The van der Waals surface area contributed by atoms with Gasteiger partial charge in [-0.1, -0.05) is 25.7 Å². The smallest absolute Gasteiger partial charge is 0.321 e. The Morgan fingerprint density at radius 1 is 0.826 bits per heavy atom. The van der Waals surface area contributed by atoms with Crippen LogP contribution >= 0.6 is 0 Å². The SMILES string of the molecule is CCO[SiH](CCCCCCCc1cc(F)c(F)c(F)c1)OCC. The number of hydrogen-bond acceptors (Lipinski definition) is 2. The van der Waals surface area contributed by atoms with Crippen LogP contribution in [0.5, 0.6) is 0 Å². The molecular formula is C17H27F3O2Si. The molecular weight excluding hydrogens is 321 g/mol. The number of unbranched alkanes of at least 4 members (excludes halogenated alkanes) is 4. The predicted molar refractivity (Wildman–Crippen MR) is 88.3 cm³/mol. The van der Waals surface area contributed by atoms with Crippen molar-refractivity contribution in [3.63, 3.8) is 0 Å². The van der Waals surface area contributed by atoms with E-state index < -0.39 is 26.7 Å². The number of hydrogen-bond donors (Lipinski definition) is 0. The molecule has 0 heterocycles. The van der Waals surface area contributed by atoms with Gasteiger partial charge in [0.2, 0.25) is 0 Å². The first-order valence-electron chi connectivity index (χ1n) is 8.45. The van der Waals surface area contributed by atoms with E-state index in [4.69, 9.17) is 8.85 Å². The third-order valence-electron chi connectivity index (χ3n) is 3.65. The van der Waals surface area contributed by atoms with Gasteiger partial charge >= 0.3 is 9.28 Å². The number of halogens is 3. The molecule has 0 saturated carbocycles. The lowest BCUT2D eigenvalue weighted by molar-refractivity contribution is 0.212. The fourth-order valence-electron chi connectivity index (χ4n) is 2.51. The highest BCUT2D eigenvalue weighted by atomic mass is 28.3. The molecule has 1 rings (SSSR count). The van der Waals surface area contributed by atoms with Gasteiger partial charge in [-0.15, -0.1) is 0 Å². The molecule has 6 heteroatoms. The lowest BCUT2D eigenvalue weighted by atomic mass is 10.1. The highest BCUT2D eigenvalue weighted by molar-refractivity contribution is 6.44. The van der Waals surface area contributed by atoms with Crippen LogP contribution in [0.25, 0.3) is 0 Å². The molecule has 0 radical (unpaired) electrons. The van der Waals surface area contributed by atoms with Gasteiger partial charge in [0.05, 0.1) is 0 Å². The van der Waals surface area contributed by atoms with Gasteiger partial charge < -0.3 is 8.85 Å². The average Bonchev–Trinajstić information content (AvgIpc) is 2.52. The van der Waals surface area contributed by atoms with Crippen molar-refractivity contribution >= 4 is 9.28 Å². The number of aryl methyl sites for hydroxylation is 1. The molecule has 0 atom stereocenters. The Morgan fingerprint density at radius 2 is 1.35 bits per heavy atom. The molecule has 0 unspecified atom stereocenters. The summed E-state index contributed by atoms with van der Waals surface area (Å²) in [6.07, 6.45) is 5.69. The van der Waals surface area contributed by atoms with Crippen LogP contribution in [0, 0.1) is 17.5 Å². The largest absolute Gasteiger partial charge is 0.397 e. The fraction of sp³-hybridized carbons (Fsp3) is 0.647. The zero-order valence-electron chi connectivity index (χ0n) is 14.0. The van der Waals surface area contributed by atoms with Crippen LogP contribution in [0.4, 0.5) is 13.2 Å². The van der Waals surface area contributed by atoms with E-state index in [1.54, 1.807) is 0 Å². The second-order valence-corrected chi connectivity index (χ2v) is 7.62. The summed E-state index contributed by atoms with van der Waals surface area (Å²) in [6.45, 7) is 5.39. The first kappa shape index (κ1) is 20.2. The van der Waals surface area contributed by atoms with Crippen molar-refractivity contribution in [2.75, 3.05) is 13.2 Å². The molecule has 0 aromatic heterocycles. The minimum atomic E-state index is -1.48. The first-order chi connectivity index (χ1) is 11.1. The van der Waals surface area contributed by atoms with Crippen molar-refractivity contribution in [3.05, 3.63) is 35.1 Å². The van der Waals surface area contributed by atoms with Gasteiger partial charge in [-0.3, -0.25) is 0 Å². The van der Waals surface area contributed by atoms with Gasteiger partial charge in [-0.2, -0.15) is 0 Å². The summed E-state index contributed by atoms with van der Waals surface area (Å²) in [4.78, 5) is 0. The van der Waals surface area contributed by atoms with Crippen LogP contribution in [-0.2, 0) is 15.3 Å². The van der Waals surface area contributed by atoms with E-state index in [0.29, 0.717) is 25.2 Å². The summed E-state index contributed by atoms with van der Waals surface area (Å²) >= 11 is 0. The first-order valence-corrected chi connectivity index (χ1v) is 10.2. The summed E-state index contributed by atoms with van der Waals surface area (Å²) in [7, 11) is -1.48. The molecule has 0 saturated heterocycles. The summed E-state index contributed by atoms with van der Waals surface area (Å²) in [5.41, 5.74) is 0.515. The van der Waals surface area contributed by atoms with E-state index in [2.05, 4.69) is 0 Å². The number of rotatable bonds is 12. The van der Waals surface area contributed by atoms with E-state index in [-0.39, 0.29) is 0 Å². The average molecular weight is 348 g/mol. The zero-order chi connectivity index (χ0) is 17.1. The van der Waals surface area contributed by atoms with Crippen LogP contribution in [-0.4, -0.2) is 22.5 Å². The van der Waals surface area contributed by atoms with Gasteiger partial charge in [0.25, 0.3) is 0 Å². The Hall–Kier alpha value is -0.853. The lowest BCUT2D eigenvalue weighted by Gasteiger charge is -2.14. The van der Waals surface area contributed by atoms with Crippen molar-refractivity contribution in [3.8, 4) is 0 Å². The van der Waals surface area contributed by atoms with Crippen LogP contribution in [0.2, 0.25) is 6.04 Å². The molecule has 0 N–H and O–H groups in total. The Kier molecular flexibility index (Phi) is 10.2. The molecule has 0 fully saturated rings. The molecule has 0 spiro atoms. The van der Waals surface area contributed by atoms with E-state index in [9.17, 15) is 13.2 Å². The maximum absolute atomic E-state index is 13.1. The molecule has 0 aliphatic heterocycles. The Balaban J connectivity index is 2.14. The summed E-state index contributed by atoms with van der Waals surface area (Å²) in [6, 6.07) is 3.19. The second kappa shape index (κ2) is 11.6. The summed E-state index contributed by atoms with van der Waals surface area (Å²) in [5.74, 6) is -3.61. The Morgan fingerprint density at radius 3 is 1.91 bits per heavy atom. The quantitative estimate of drug-likeness (QED) is 0.304. The maximum atomic E-state index is 13.1. The monoisotopic (exact) mass is 348 g/mol. The van der Waals surface area contributed by atoms with Gasteiger partial charge in [0, 0.05) is 13.2 Å². The molecule has 1 aromatic carbocycles. The standard InChI is InChI=1S/C17H27F3O2Si/c1-3-21-23(22-4-2)11-9-7-5-6-8-10-14-12-15(18)17(20)16(19)13-14/h12-13,23H,3-11H2,1-2H3. The van der Waals surface area contributed by atoms with Crippen LogP contribution in [0.3, 0.4) is 0 Å². The highest BCUT2D eigenvalue weighted by Crippen LogP contribution is 2.16. The van der Waals surface area contributed by atoms with Gasteiger partial charge in [-0.05, 0) is 50.4 Å². The Bertz CT molecular complexity index is 428. The molecule has 1 aromatic rings. The lowest BCUT2D eigenvalue weighted by Crippen LogP contribution is -2.22. The molecule has 0 bridgehead atoms. The van der Waals surface area contributed by atoms with Gasteiger partial charge in [0.1, 0.15) is 0 Å². The molecule has 132 valence electrons. The third kappa shape index (κ3) is 7.99. The Labute approximate surface area is 138 Å². The van der Waals surface area contributed by atoms with Crippen LogP contribution < -0.4 is 0 Å². The normalized spacial score (nSPS) is 11.4. The minimum Gasteiger partial charge on any atom is -0.397 e. The molecule has 2 nitrogen and oxygen atoms in total. The minimum absolute atomic E-state index is 0.515. The summed E-state index contributed by atoms with van der Waals surface area (Å²) < 4.78 is 50.2. The van der Waals surface area contributed by atoms with E-state index in [0.717, 1.165) is 50.3 Å². The second-order valence-electron chi connectivity index (χ2n) is 5.52. The van der Waals surface area contributed by atoms with Gasteiger partial charge in [-0.25, -0.2) is 13.2 Å². The third-order valence-corrected chi connectivity index (χ3v) is 5.94. The molecule has 0 amide bonds. The molecule has 0 aliphatic carbocycles. The fourth-order valence-corrected chi connectivity index (χ4v) is 4.30. The van der Waals surface area contributed by atoms with Crippen molar-refractivity contribution in [1.29, 1.82) is 0 Å². The van der Waals surface area contributed by atoms with Crippen molar-refractivity contribution < 1.29 is 22.0 Å². The molecule has 0 aliphatic rings. The van der Waals surface area contributed by atoms with E-state index in [1.165, 1.54) is 0 Å². The maximum Gasteiger partial charge on any atom is 0.321 e. The predicted octanol–water partition coefficient (Wildman–Crippen LogP) is 4.89.